The summed E-state index contributed by atoms with van der Waals surface area (Å²) in [5.74, 6) is 7.74. The van der Waals surface area contributed by atoms with Crippen LogP contribution in [0.15, 0.2) is 54.6 Å². The molecule has 178 valence electrons. The Kier molecular flexibility index (Phi) is 8.81. The molecule has 0 saturated heterocycles. The van der Waals surface area contributed by atoms with Crippen LogP contribution in [-0.2, 0) is 6.42 Å². The molecule has 0 radical (unpaired) electrons. The van der Waals surface area contributed by atoms with Crippen LogP contribution in [0, 0.1) is 36.4 Å². The molecule has 0 heterocycles. The van der Waals surface area contributed by atoms with Gasteiger partial charge in [-0.2, -0.15) is 0 Å². The molecule has 1 aliphatic carbocycles. The third-order valence-electron chi connectivity index (χ3n) is 7.69. The van der Waals surface area contributed by atoms with Crippen LogP contribution in [0.3, 0.4) is 0 Å². The van der Waals surface area contributed by atoms with Gasteiger partial charge in [-0.25, -0.2) is 4.39 Å². The number of hydrogen-bond donors (Lipinski definition) is 0. The highest BCUT2D eigenvalue weighted by Crippen LogP contribution is 2.34. The summed E-state index contributed by atoms with van der Waals surface area (Å²) in [6.07, 6.45) is 15.0. The van der Waals surface area contributed by atoms with E-state index in [4.69, 9.17) is 0 Å². The maximum Gasteiger partial charge on any atom is 0.146 e. The number of aryl methyl sites for hydroxylation is 2. The molecular formula is C33H39F. The summed E-state index contributed by atoms with van der Waals surface area (Å²) in [6, 6.07) is 18.1. The van der Waals surface area contributed by atoms with E-state index in [2.05, 4.69) is 37.8 Å². The molecule has 1 fully saturated rings. The van der Waals surface area contributed by atoms with Gasteiger partial charge in [0.2, 0.25) is 0 Å². The second-order valence-electron chi connectivity index (χ2n) is 10.4. The zero-order valence-electron chi connectivity index (χ0n) is 21.0. The number of rotatable bonds is 8. The van der Waals surface area contributed by atoms with E-state index in [1.807, 2.05) is 42.5 Å². The summed E-state index contributed by atoms with van der Waals surface area (Å²) in [4.78, 5) is 0. The quantitative estimate of drug-likeness (QED) is 0.235. The lowest BCUT2D eigenvalue weighted by atomic mass is 9.77. The zero-order chi connectivity index (χ0) is 23.8. The first-order chi connectivity index (χ1) is 16.6. The molecule has 34 heavy (non-hydrogen) atoms. The monoisotopic (exact) mass is 454 g/mol. The fraction of sp³-hybridized carbons (Fsp3) is 0.455. The van der Waals surface area contributed by atoms with Gasteiger partial charge in [0.15, 0.2) is 0 Å². The normalized spacial score (nSPS) is 18.0. The van der Waals surface area contributed by atoms with E-state index in [9.17, 15) is 0 Å². The van der Waals surface area contributed by atoms with E-state index < -0.39 is 0 Å². The van der Waals surface area contributed by atoms with Crippen molar-refractivity contribution in [3.05, 3.63) is 82.7 Å². The van der Waals surface area contributed by atoms with Crippen molar-refractivity contribution in [3.63, 3.8) is 0 Å². The number of fused-ring (bicyclic) bond motifs is 1. The standard InChI is InChI=1S/C33H39F/c1-3-4-5-6-7-26-12-14-28(15-13-26)16-17-29-19-23-32-31(24-29)22-21-30(33(32)34)20-18-27-10-8-25(2)9-11-27/h8-11,19,21-24,26,28H,3-7,12-17H2,1-2H3. The number of hydrogen-bond acceptors (Lipinski definition) is 0. The lowest BCUT2D eigenvalue weighted by Crippen LogP contribution is -2.15. The van der Waals surface area contributed by atoms with Crippen molar-refractivity contribution in [3.8, 4) is 11.8 Å². The molecule has 0 aromatic heterocycles. The molecular weight excluding hydrogens is 415 g/mol. The first-order valence-electron chi connectivity index (χ1n) is 13.4. The zero-order valence-corrected chi connectivity index (χ0v) is 21.0. The van der Waals surface area contributed by atoms with E-state index in [0.29, 0.717) is 10.9 Å². The van der Waals surface area contributed by atoms with Gasteiger partial charge in [0.05, 0.1) is 5.56 Å². The third kappa shape index (κ3) is 6.73. The summed E-state index contributed by atoms with van der Waals surface area (Å²) in [5.41, 5.74) is 3.90. The molecule has 3 aromatic rings. The molecule has 4 rings (SSSR count). The number of unbranched alkanes of at least 4 members (excludes halogenated alkanes) is 3. The first kappa shape index (κ1) is 24.5. The van der Waals surface area contributed by atoms with Gasteiger partial charge < -0.3 is 0 Å². The van der Waals surface area contributed by atoms with Gasteiger partial charge in [-0.05, 0) is 60.7 Å². The molecule has 0 N–H and O–H groups in total. The summed E-state index contributed by atoms with van der Waals surface area (Å²) in [6.45, 7) is 4.34. The van der Waals surface area contributed by atoms with Crippen molar-refractivity contribution in [2.75, 3.05) is 0 Å². The Labute approximate surface area is 206 Å². The lowest BCUT2D eigenvalue weighted by molar-refractivity contribution is 0.249. The summed E-state index contributed by atoms with van der Waals surface area (Å²) < 4.78 is 15.1. The van der Waals surface area contributed by atoms with Gasteiger partial charge in [-0.3, -0.25) is 0 Å². The Bertz CT molecular complexity index is 1120. The molecule has 1 aliphatic rings. The molecule has 3 aromatic carbocycles. The Hall–Kier alpha value is -2.59. The van der Waals surface area contributed by atoms with Gasteiger partial charge >= 0.3 is 0 Å². The van der Waals surface area contributed by atoms with Crippen LogP contribution < -0.4 is 0 Å². The molecule has 0 bridgehead atoms. The Morgan fingerprint density at radius 2 is 1.53 bits per heavy atom. The maximum absolute atomic E-state index is 15.1. The van der Waals surface area contributed by atoms with Crippen molar-refractivity contribution in [1.29, 1.82) is 0 Å². The smallest absolute Gasteiger partial charge is 0.146 e. The van der Waals surface area contributed by atoms with Gasteiger partial charge in [0.1, 0.15) is 5.82 Å². The summed E-state index contributed by atoms with van der Waals surface area (Å²) in [7, 11) is 0. The first-order valence-corrected chi connectivity index (χ1v) is 13.4. The van der Waals surface area contributed by atoms with Gasteiger partial charge in [0, 0.05) is 10.9 Å². The number of benzene rings is 3. The summed E-state index contributed by atoms with van der Waals surface area (Å²) in [5, 5.41) is 1.65. The Morgan fingerprint density at radius 1 is 0.794 bits per heavy atom. The molecule has 0 unspecified atom stereocenters. The average molecular weight is 455 g/mol. The van der Waals surface area contributed by atoms with Crippen LogP contribution in [0.1, 0.15) is 93.4 Å². The second kappa shape index (κ2) is 12.2. The van der Waals surface area contributed by atoms with Gasteiger partial charge in [0.25, 0.3) is 0 Å². The van der Waals surface area contributed by atoms with Crippen LogP contribution in [0.5, 0.6) is 0 Å². The number of halogens is 1. The maximum atomic E-state index is 15.1. The second-order valence-corrected chi connectivity index (χ2v) is 10.4. The molecule has 0 nitrogen and oxygen atoms in total. The van der Waals surface area contributed by atoms with E-state index in [1.165, 1.54) is 75.3 Å². The van der Waals surface area contributed by atoms with Crippen molar-refractivity contribution in [2.45, 2.75) is 84.5 Å². The van der Waals surface area contributed by atoms with Crippen LogP contribution in [0.2, 0.25) is 0 Å². The van der Waals surface area contributed by atoms with Gasteiger partial charge in [-0.15, -0.1) is 0 Å². The minimum atomic E-state index is -0.207. The van der Waals surface area contributed by atoms with E-state index in [1.54, 1.807) is 0 Å². The highest BCUT2D eigenvalue weighted by molar-refractivity contribution is 5.85. The van der Waals surface area contributed by atoms with Crippen LogP contribution in [0.4, 0.5) is 4.39 Å². The third-order valence-corrected chi connectivity index (χ3v) is 7.69. The van der Waals surface area contributed by atoms with Crippen molar-refractivity contribution < 1.29 is 4.39 Å². The van der Waals surface area contributed by atoms with Crippen LogP contribution in [0.25, 0.3) is 10.8 Å². The Balaban J connectivity index is 1.32. The fourth-order valence-corrected chi connectivity index (χ4v) is 5.41. The molecule has 0 atom stereocenters. The molecule has 1 heteroatoms. The van der Waals surface area contributed by atoms with E-state index in [0.717, 1.165) is 29.2 Å². The highest BCUT2D eigenvalue weighted by Gasteiger charge is 2.20. The van der Waals surface area contributed by atoms with E-state index in [-0.39, 0.29) is 5.82 Å². The van der Waals surface area contributed by atoms with E-state index >= 15 is 4.39 Å². The molecule has 0 aliphatic heterocycles. The largest absolute Gasteiger partial charge is 0.205 e. The molecule has 0 amide bonds. The minimum Gasteiger partial charge on any atom is -0.205 e. The van der Waals surface area contributed by atoms with Gasteiger partial charge in [-0.1, -0.05) is 119 Å². The summed E-state index contributed by atoms with van der Waals surface area (Å²) >= 11 is 0. The topological polar surface area (TPSA) is 0 Å². The van der Waals surface area contributed by atoms with Crippen molar-refractivity contribution in [2.24, 2.45) is 11.8 Å². The minimum absolute atomic E-state index is 0.207. The van der Waals surface area contributed by atoms with Crippen LogP contribution >= 0.6 is 0 Å². The van der Waals surface area contributed by atoms with Crippen molar-refractivity contribution >= 4 is 10.8 Å². The predicted octanol–water partition coefficient (Wildman–Crippen LogP) is 9.40. The fourth-order valence-electron chi connectivity index (χ4n) is 5.41. The molecule has 1 saturated carbocycles. The van der Waals surface area contributed by atoms with Crippen LogP contribution in [-0.4, -0.2) is 0 Å². The SMILES string of the molecule is CCCCCCC1CCC(CCc2ccc3c(F)c(C#Cc4ccc(C)cc4)ccc3c2)CC1. The molecule has 0 spiro atoms. The average Bonchev–Trinajstić information content (AvgIpc) is 2.87. The predicted molar refractivity (Wildman–Crippen MR) is 144 cm³/mol. The highest BCUT2D eigenvalue weighted by atomic mass is 19.1. The van der Waals surface area contributed by atoms with Crippen molar-refractivity contribution in [1.82, 2.24) is 0 Å². The lowest BCUT2D eigenvalue weighted by Gasteiger charge is -2.28. The Morgan fingerprint density at radius 3 is 2.26 bits per heavy atom.